The molecule has 1 saturated carbocycles. The van der Waals surface area contributed by atoms with Crippen LogP contribution in [-0.4, -0.2) is 65.9 Å². The van der Waals surface area contributed by atoms with Crippen LogP contribution in [0.5, 0.6) is 0 Å². The second-order valence-electron chi connectivity index (χ2n) is 11.4. The fourth-order valence-corrected chi connectivity index (χ4v) is 5.39. The molecule has 3 aliphatic rings. The molecule has 4 amide bonds. The molecule has 2 heterocycles. The number of carbonyl (C=O) groups is 4. The van der Waals surface area contributed by atoms with E-state index >= 15 is 0 Å². The highest BCUT2D eigenvalue weighted by atomic mass is 19.4. The summed E-state index contributed by atoms with van der Waals surface area (Å²) >= 11 is 0. The third-order valence-corrected chi connectivity index (χ3v) is 7.56. The fraction of sp³-hybridized carbons (Fsp3) is 0.783. The van der Waals surface area contributed by atoms with Crippen molar-refractivity contribution in [3.8, 4) is 6.07 Å². The summed E-state index contributed by atoms with van der Waals surface area (Å²) in [6.07, 6.45) is -4.48. The summed E-state index contributed by atoms with van der Waals surface area (Å²) in [5.41, 5.74) is -1.25. The number of halogens is 3. The molecule has 12 heteroatoms. The van der Waals surface area contributed by atoms with Gasteiger partial charge in [0.25, 0.3) is 0 Å². The second-order valence-corrected chi connectivity index (χ2v) is 11.4. The Hall–Kier alpha value is -2.84. The molecule has 6 atom stereocenters. The molecule has 0 unspecified atom stereocenters. The average Bonchev–Trinajstić information content (AvgIpc) is 3.06. The molecule has 35 heavy (non-hydrogen) atoms. The van der Waals surface area contributed by atoms with Crippen LogP contribution in [0, 0.1) is 39.9 Å². The number of rotatable bonds is 6. The van der Waals surface area contributed by atoms with E-state index in [4.69, 9.17) is 5.26 Å². The van der Waals surface area contributed by atoms with Crippen LogP contribution < -0.4 is 16.0 Å². The monoisotopic (exact) mass is 499 g/mol. The first-order valence-electron chi connectivity index (χ1n) is 11.7. The minimum Gasteiger partial charge on any atom is -0.354 e. The van der Waals surface area contributed by atoms with Gasteiger partial charge >= 0.3 is 12.1 Å². The largest absolute Gasteiger partial charge is 0.471 e. The number of nitriles is 1. The molecular weight excluding hydrogens is 467 g/mol. The zero-order chi connectivity index (χ0) is 26.5. The molecule has 0 spiro atoms. The third kappa shape index (κ3) is 5.23. The first-order valence-corrected chi connectivity index (χ1v) is 11.7. The summed E-state index contributed by atoms with van der Waals surface area (Å²) in [7, 11) is 0. The van der Waals surface area contributed by atoms with Gasteiger partial charge in [0.2, 0.25) is 17.7 Å². The van der Waals surface area contributed by atoms with Crippen LogP contribution in [0.2, 0.25) is 0 Å². The van der Waals surface area contributed by atoms with Gasteiger partial charge in [-0.3, -0.25) is 19.2 Å². The van der Waals surface area contributed by atoms with Crippen LogP contribution in [-0.2, 0) is 19.2 Å². The molecule has 9 nitrogen and oxygen atoms in total. The predicted octanol–water partition coefficient (Wildman–Crippen LogP) is 1.10. The maximum absolute atomic E-state index is 13.4. The van der Waals surface area contributed by atoms with Crippen molar-refractivity contribution >= 4 is 23.6 Å². The molecule has 3 N–H and O–H groups in total. The van der Waals surface area contributed by atoms with Crippen molar-refractivity contribution in [2.75, 3.05) is 13.1 Å². The van der Waals surface area contributed by atoms with Crippen LogP contribution >= 0.6 is 0 Å². The highest BCUT2D eigenvalue weighted by Crippen LogP contribution is 2.65. The fourth-order valence-electron chi connectivity index (χ4n) is 5.39. The van der Waals surface area contributed by atoms with E-state index in [0.29, 0.717) is 12.8 Å². The van der Waals surface area contributed by atoms with Gasteiger partial charge in [-0.15, -0.1) is 0 Å². The van der Waals surface area contributed by atoms with Gasteiger partial charge in [-0.2, -0.15) is 18.4 Å². The zero-order valence-electron chi connectivity index (χ0n) is 20.5. The van der Waals surface area contributed by atoms with E-state index in [1.54, 1.807) is 20.8 Å². The first-order chi connectivity index (χ1) is 16.0. The van der Waals surface area contributed by atoms with Crippen LogP contribution in [0.15, 0.2) is 0 Å². The number of hydrogen-bond acceptors (Lipinski definition) is 5. The second kappa shape index (κ2) is 8.99. The number of hydrogen-bond donors (Lipinski definition) is 3. The molecule has 0 aromatic carbocycles. The quantitative estimate of drug-likeness (QED) is 0.504. The third-order valence-electron chi connectivity index (χ3n) is 7.56. The van der Waals surface area contributed by atoms with Crippen molar-refractivity contribution in [2.24, 2.45) is 28.6 Å². The average molecular weight is 500 g/mol. The summed E-state index contributed by atoms with van der Waals surface area (Å²) in [5.74, 6) is -4.19. The highest BCUT2D eigenvalue weighted by molar-refractivity contribution is 5.94. The molecule has 2 saturated heterocycles. The molecule has 3 rings (SSSR count). The SMILES string of the molecule is CC(C)(C)[C@H](NC(=O)C(F)(F)F)C(=O)N1C[C@H]2[C@@H]([C@H]1C(=O)NCC[C@H]1C[C@@H](C#N)NC1=O)C2(C)C. The molecule has 0 radical (unpaired) electrons. The van der Waals surface area contributed by atoms with E-state index in [9.17, 15) is 32.3 Å². The Kier molecular flexibility index (Phi) is 6.87. The van der Waals surface area contributed by atoms with Crippen molar-refractivity contribution in [1.82, 2.24) is 20.9 Å². The van der Waals surface area contributed by atoms with Gasteiger partial charge in [0.15, 0.2) is 0 Å². The molecule has 0 bridgehead atoms. The van der Waals surface area contributed by atoms with E-state index in [2.05, 4.69) is 10.6 Å². The van der Waals surface area contributed by atoms with Gasteiger partial charge in [0, 0.05) is 19.0 Å². The number of nitrogens with one attached hydrogen (secondary N) is 3. The van der Waals surface area contributed by atoms with Gasteiger partial charge in [-0.25, -0.2) is 0 Å². The Morgan fingerprint density at radius 2 is 1.89 bits per heavy atom. The highest BCUT2D eigenvalue weighted by Gasteiger charge is 2.69. The maximum Gasteiger partial charge on any atom is 0.471 e. The number of alkyl halides is 3. The summed E-state index contributed by atoms with van der Waals surface area (Å²) in [6.45, 7) is 8.94. The predicted molar refractivity (Wildman–Crippen MR) is 117 cm³/mol. The number of nitrogens with zero attached hydrogens (tertiary/aromatic N) is 2. The van der Waals surface area contributed by atoms with Gasteiger partial charge in [0.05, 0.1) is 6.07 Å². The van der Waals surface area contributed by atoms with E-state index in [-0.39, 0.29) is 36.2 Å². The van der Waals surface area contributed by atoms with Gasteiger partial charge in [-0.1, -0.05) is 34.6 Å². The number of piperidine rings is 1. The van der Waals surface area contributed by atoms with Gasteiger partial charge < -0.3 is 20.9 Å². The maximum atomic E-state index is 13.4. The number of likely N-dealkylation sites (tertiary alicyclic amines) is 1. The Balaban J connectivity index is 1.72. The summed E-state index contributed by atoms with van der Waals surface area (Å²) in [6, 6.07) is -0.931. The number of carbonyl (C=O) groups excluding carboxylic acids is 4. The summed E-state index contributed by atoms with van der Waals surface area (Å²) in [4.78, 5) is 51.5. The lowest BCUT2D eigenvalue weighted by Gasteiger charge is -2.37. The van der Waals surface area contributed by atoms with Crippen LogP contribution in [0.3, 0.4) is 0 Å². The molecule has 1 aliphatic carbocycles. The van der Waals surface area contributed by atoms with Gasteiger partial charge in [0.1, 0.15) is 18.1 Å². The van der Waals surface area contributed by atoms with Crippen LogP contribution in [0.25, 0.3) is 0 Å². The topological polar surface area (TPSA) is 131 Å². The van der Waals surface area contributed by atoms with Gasteiger partial charge in [-0.05, 0) is 35.5 Å². The van der Waals surface area contributed by atoms with E-state index in [1.165, 1.54) is 4.90 Å². The van der Waals surface area contributed by atoms with E-state index in [0.717, 1.165) is 0 Å². The normalized spacial score (nSPS) is 30.1. The molecule has 2 aliphatic heterocycles. The van der Waals surface area contributed by atoms with E-state index in [1.807, 2.05) is 25.2 Å². The molecule has 194 valence electrons. The van der Waals surface area contributed by atoms with Crippen molar-refractivity contribution in [3.63, 3.8) is 0 Å². The zero-order valence-corrected chi connectivity index (χ0v) is 20.5. The molecule has 0 aromatic rings. The van der Waals surface area contributed by atoms with Crippen LogP contribution in [0.1, 0.15) is 47.5 Å². The number of amides is 4. The Morgan fingerprint density at radius 3 is 2.40 bits per heavy atom. The lowest BCUT2D eigenvalue weighted by molar-refractivity contribution is -0.176. The van der Waals surface area contributed by atoms with Crippen molar-refractivity contribution in [2.45, 2.75) is 71.8 Å². The van der Waals surface area contributed by atoms with E-state index < -0.39 is 53.4 Å². The Labute approximate surface area is 202 Å². The van der Waals surface area contributed by atoms with Crippen LogP contribution in [0.4, 0.5) is 13.2 Å². The Bertz CT molecular complexity index is 952. The summed E-state index contributed by atoms with van der Waals surface area (Å²) < 4.78 is 38.7. The lowest BCUT2D eigenvalue weighted by atomic mass is 9.85. The minimum absolute atomic E-state index is 0.0122. The standard InChI is InChI=1S/C23H32F3N5O4/c1-21(2,3)16(30-20(35)23(24,25)26)19(34)31-10-13-14(22(13,4)5)15(31)18(33)28-7-6-11-8-12(9-27)29-17(11)32/h11-16H,6-8,10H2,1-5H3,(H,28,33)(H,29,32)(H,30,35)/t11-,12-,13-,14-,15-,16+/m0/s1. The smallest absolute Gasteiger partial charge is 0.354 e. The molecule has 0 aromatic heterocycles. The van der Waals surface area contributed by atoms with Crippen molar-refractivity contribution < 1.29 is 32.3 Å². The lowest BCUT2D eigenvalue weighted by Crippen LogP contribution is -2.60. The minimum atomic E-state index is -5.15. The first kappa shape index (κ1) is 26.8. The summed E-state index contributed by atoms with van der Waals surface area (Å²) in [5, 5.41) is 16.1. The van der Waals surface area contributed by atoms with Crippen molar-refractivity contribution in [1.29, 1.82) is 5.26 Å². The molecular formula is C23H32F3N5O4. The Morgan fingerprint density at radius 1 is 1.26 bits per heavy atom. The number of fused-ring (bicyclic) bond motifs is 1. The molecule has 3 fully saturated rings. The van der Waals surface area contributed by atoms with Crippen molar-refractivity contribution in [3.05, 3.63) is 0 Å².